The SMILES string of the molecule is COc1ccc(C(=O)N2CCC(F)(C(=O)O)C2)c(OCCC(C)C)c1. The minimum atomic E-state index is -2.39. The van der Waals surface area contributed by atoms with Gasteiger partial charge < -0.3 is 19.5 Å². The van der Waals surface area contributed by atoms with E-state index in [0.29, 0.717) is 24.0 Å². The lowest BCUT2D eigenvalue weighted by molar-refractivity contribution is -0.149. The van der Waals surface area contributed by atoms with Gasteiger partial charge in [-0.1, -0.05) is 13.8 Å². The molecule has 2 rings (SSSR count). The Bertz CT molecular complexity index is 648. The number of alkyl halides is 1. The third-order valence-corrected chi connectivity index (χ3v) is 4.26. The quantitative estimate of drug-likeness (QED) is 0.816. The Morgan fingerprint density at radius 2 is 2.12 bits per heavy atom. The zero-order valence-electron chi connectivity index (χ0n) is 14.8. The van der Waals surface area contributed by atoms with Gasteiger partial charge in [-0.2, -0.15) is 0 Å². The van der Waals surface area contributed by atoms with Crippen molar-refractivity contribution in [3.05, 3.63) is 23.8 Å². The highest BCUT2D eigenvalue weighted by atomic mass is 19.1. The molecule has 1 fully saturated rings. The molecular formula is C18H24FNO5. The van der Waals surface area contributed by atoms with E-state index in [4.69, 9.17) is 14.6 Å². The van der Waals surface area contributed by atoms with E-state index in [9.17, 15) is 14.0 Å². The third kappa shape index (κ3) is 4.41. The Kier molecular flexibility index (Phi) is 5.87. The fraction of sp³-hybridized carbons (Fsp3) is 0.556. The molecule has 0 saturated carbocycles. The van der Waals surface area contributed by atoms with E-state index < -0.39 is 24.1 Å². The number of carboxylic acids is 1. The Morgan fingerprint density at radius 1 is 1.40 bits per heavy atom. The number of hydrogen-bond acceptors (Lipinski definition) is 4. The van der Waals surface area contributed by atoms with Crippen LogP contribution in [0.25, 0.3) is 0 Å². The van der Waals surface area contributed by atoms with Gasteiger partial charge in [-0.15, -0.1) is 0 Å². The van der Waals surface area contributed by atoms with Crippen molar-refractivity contribution in [1.82, 2.24) is 4.90 Å². The Labute approximate surface area is 146 Å². The van der Waals surface area contributed by atoms with Gasteiger partial charge in [0.2, 0.25) is 5.67 Å². The van der Waals surface area contributed by atoms with E-state index in [1.165, 1.54) is 12.0 Å². The molecule has 1 amide bonds. The molecule has 0 aromatic heterocycles. The van der Waals surface area contributed by atoms with Crippen LogP contribution in [-0.4, -0.2) is 54.4 Å². The van der Waals surface area contributed by atoms with Crippen molar-refractivity contribution >= 4 is 11.9 Å². The normalized spacial score (nSPS) is 20.0. The molecule has 1 unspecified atom stereocenters. The van der Waals surface area contributed by atoms with E-state index in [2.05, 4.69) is 13.8 Å². The molecule has 1 aromatic carbocycles. The fourth-order valence-electron chi connectivity index (χ4n) is 2.62. The second kappa shape index (κ2) is 7.72. The van der Waals surface area contributed by atoms with Crippen LogP contribution >= 0.6 is 0 Å². The van der Waals surface area contributed by atoms with Crippen LogP contribution in [0.15, 0.2) is 18.2 Å². The van der Waals surface area contributed by atoms with Crippen LogP contribution < -0.4 is 9.47 Å². The number of likely N-dealkylation sites (tertiary alicyclic amines) is 1. The van der Waals surface area contributed by atoms with Gasteiger partial charge in [0.1, 0.15) is 11.5 Å². The zero-order valence-corrected chi connectivity index (χ0v) is 14.8. The summed E-state index contributed by atoms with van der Waals surface area (Å²) in [6.45, 7) is 4.17. The number of hydrogen-bond donors (Lipinski definition) is 1. The molecule has 1 aliphatic rings. The Morgan fingerprint density at radius 3 is 2.68 bits per heavy atom. The summed E-state index contributed by atoms with van der Waals surface area (Å²) in [5.74, 6) is -0.625. The van der Waals surface area contributed by atoms with E-state index >= 15 is 0 Å². The minimum Gasteiger partial charge on any atom is -0.497 e. The van der Waals surface area contributed by atoms with Crippen LogP contribution in [-0.2, 0) is 4.79 Å². The zero-order chi connectivity index (χ0) is 18.6. The predicted molar refractivity (Wildman–Crippen MR) is 89.9 cm³/mol. The highest BCUT2D eigenvalue weighted by Crippen LogP contribution is 2.31. The van der Waals surface area contributed by atoms with E-state index in [1.54, 1.807) is 18.2 Å². The number of carboxylic acid groups (broad SMARTS) is 1. The van der Waals surface area contributed by atoms with Gasteiger partial charge in [-0.3, -0.25) is 4.79 Å². The number of amides is 1. The maximum absolute atomic E-state index is 14.2. The molecule has 1 atom stereocenters. The number of methoxy groups -OCH3 is 1. The average Bonchev–Trinajstić information content (AvgIpc) is 2.97. The molecule has 1 heterocycles. The first-order chi connectivity index (χ1) is 11.8. The summed E-state index contributed by atoms with van der Waals surface area (Å²) in [4.78, 5) is 25.0. The van der Waals surface area contributed by atoms with Crippen molar-refractivity contribution in [2.45, 2.75) is 32.4 Å². The molecule has 138 valence electrons. The lowest BCUT2D eigenvalue weighted by atomic mass is 10.1. The molecule has 1 N–H and O–H groups in total. The Balaban J connectivity index is 2.19. The summed E-state index contributed by atoms with van der Waals surface area (Å²) in [5.41, 5.74) is -2.11. The van der Waals surface area contributed by atoms with Gasteiger partial charge in [0.15, 0.2) is 0 Å². The van der Waals surface area contributed by atoms with Crippen molar-refractivity contribution in [2.75, 3.05) is 26.8 Å². The predicted octanol–water partition coefficient (Wildman–Crippen LogP) is 2.76. The molecule has 0 aliphatic carbocycles. The van der Waals surface area contributed by atoms with Crippen molar-refractivity contribution < 1.29 is 28.6 Å². The molecule has 1 aromatic rings. The van der Waals surface area contributed by atoms with Crippen molar-refractivity contribution in [3.8, 4) is 11.5 Å². The van der Waals surface area contributed by atoms with Crippen LogP contribution in [0.3, 0.4) is 0 Å². The maximum Gasteiger partial charge on any atom is 0.343 e. The molecule has 6 nitrogen and oxygen atoms in total. The fourth-order valence-corrected chi connectivity index (χ4v) is 2.62. The first-order valence-corrected chi connectivity index (χ1v) is 8.29. The first-order valence-electron chi connectivity index (χ1n) is 8.29. The van der Waals surface area contributed by atoms with E-state index in [-0.39, 0.29) is 18.5 Å². The largest absolute Gasteiger partial charge is 0.497 e. The summed E-state index contributed by atoms with van der Waals surface area (Å²) in [5, 5.41) is 8.98. The number of nitrogens with zero attached hydrogens (tertiary/aromatic N) is 1. The van der Waals surface area contributed by atoms with Gasteiger partial charge in [-0.25, -0.2) is 9.18 Å². The maximum atomic E-state index is 14.2. The van der Waals surface area contributed by atoms with Gasteiger partial charge in [0.05, 0.1) is 25.8 Å². The number of carbonyl (C=O) groups excluding carboxylic acids is 1. The number of carbonyl (C=O) groups is 2. The van der Waals surface area contributed by atoms with Gasteiger partial charge >= 0.3 is 5.97 Å². The van der Waals surface area contributed by atoms with Gasteiger partial charge in [0, 0.05) is 19.0 Å². The highest BCUT2D eigenvalue weighted by Gasteiger charge is 2.47. The average molecular weight is 353 g/mol. The molecular weight excluding hydrogens is 329 g/mol. The number of halogens is 1. The molecule has 0 radical (unpaired) electrons. The highest BCUT2D eigenvalue weighted by molar-refractivity contribution is 5.98. The molecule has 1 saturated heterocycles. The van der Waals surface area contributed by atoms with Crippen molar-refractivity contribution in [1.29, 1.82) is 0 Å². The third-order valence-electron chi connectivity index (χ3n) is 4.26. The summed E-state index contributed by atoms with van der Waals surface area (Å²) in [7, 11) is 1.51. The summed E-state index contributed by atoms with van der Waals surface area (Å²) >= 11 is 0. The summed E-state index contributed by atoms with van der Waals surface area (Å²) < 4.78 is 25.1. The van der Waals surface area contributed by atoms with Crippen molar-refractivity contribution in [2.24, 2.45) is 5.92 Å². The molecule has 0 bridgehead atoms. The van der Waals surface area contributed by atoms with E-state index in [0.717, 1.165) is 6.42 Å². The number of rotatable bonds is 7. The lowest BCUT2D eigenvalue weighted by Gasteiger charge is -2.20. The van der Waals surface area contributed by atoms with Gasteiger partial charge in [-0.05, 0) is 24.5 Å². The Hall–Kier alpha value is -2.31. The number of benzene rings is 1. The molecule has 0 spiro atoms. The smallest absolute Gasteiger partial charge is 0.343 e. The molecule has 25 heavy (non-hydrogen) atoms. The van der Waals surface area contributed by atoms with E-state index in [1.807, 2.05) is 0 Å². The summed E-state index contributed by atoms with van der Waals surface area (Å²) in [6, 6.07) is 4.80. The first kappa shape index (κ1) is 19.0. The standard InChI is InChI=1S/C18H24FNO5/c1-12(2)6-9-25-15-10-13(24-3)4-5-14(15)16(21)20-8-7-18(19,11-20)17(22)23/h4-5,10,12H,6-9,11H2,1-3H3,(H,22,23). The van der Waals surface area contributed by atoms with Gasteiger partial charge in [0.25, 0.3) is 5.91 Å². The van der Waals surface area contributed by atoms with Crippen LogP contribution in [0.1, 0.15) is 37.0 Å². The van der Waals surface area contributed by atoms with Crippen LogP contribution in [0, 0.1) is 5.92 Å². The minimum absolute atomic E-state index is 0.0547. The van der Waals surface area contributed by atoms with Crippen LogP contribution in [0.5, 0.6) is 11.5 Å². The second-order valence-electron chi connectivity index (χ2n) is 6.64. The van der Waals surface area contributed by atoms with Crippen molar-refractivity contribution in [3.63, 3.8) is 0 Å². The second-order valence-corrected chi connectivity index (χ2v) is 6.64. The summed E-state index contributed by atoms with van der Waals surface area (Å²) in [6.07, 6.45) is 0.606. The molecule has 7 heteroatoms. The number of aliphatic carboxylic acids is 1. The number of ether oxygens (including phenoxy) is 2. The molecule has 1 aliphatic heterocycles. The lowest BCUT2D eigenvalue weighted by Crippen LogP contribution is -2.39. The van der Waals surface area contributed by atoms with Crippen LogP contribution in [0.2, 0.25) is 0 Å². The monoisotopic (exact) mass is 353 g/mol. The van der Waals surface area contributed by atoms with Crippen LogP contribution in [0.4, 0.5) is 4.39 Å². The topological polar surface area (TPSA) is 76.1 Å².